The number of carbonyl (C=O) groups excluding carboxylic acids is 1. The molecule has 0 radical (unpaired) electrons. The van der Waals surface area contributed by atoms with Gasteiger partial charge in [-0.25, -0.2) is 0 Å². The lowest BCUT2D eigenvalue weighted by atomic mass is 9.92. The maximum atomic E-state index is 14.4. The van der Waals surface area contributed by atoms with E-state index in [2.05, 4.69) is 175 Å². The van der Waals surface area contributed by atoms with E-state index >= 15 is 0 Å². The smallest absolute Gasteiger partial charge is 0.305 e. The molecule has 0 aromatic carbocycles. The number of carbonyl (C=O) groups is 2. The standard InChI is InChI=1S/C48H101NO9Si4/c1-26-33(3)38(28-36(31-42(51)52)56-60(20,21)46(9,10)11)49-41(50)30-37(57-61(22,23)47(12,13)14)29-39(34(4)27-2)54-44-35(5)43(58-62(24,25)48(15,16)17)40(55-44)32-53-59(18,19)45(6,7)8/h33-40,43-44H,26-32H2,1-25H3,(H,49,50)(H,51,52)/t33-,34-,35?,36-,37-,38-,39-,40?,43?,44+/m0/s1. The first-order valence-electron chi connectivity index (χ1n) is 24.1. The molecule has 0 aliphatic carbocycles. The topological polar surface area (TPSA) is 122 Å². The van der Waals surface area contributed by atoms with Crippen LogP contribution in [0, 0.1) is 17.8 Å². The molecule has 0 aromatic rings. The first-order chi connectivity index (χ1) is 27.6. The summed E-state index contributed by atoms with van der Waals surface area (Å²) < 4.78 is 42.0. The number of rotatable bonds is 24. The molecule has 1 fully saturated rings. The Morgan fingerprint density at radius 1 is 0.661 bits per heavy atom. The Hall–Kier alpha value is -0.432. The van der Waals surface area contributed by atoms with Crippen LogP contribution in [-0.2, 0) is 36.8 Å². The van der Waals surface area contributed by atoms with Gasteiger partial charge in [0.25, 0.3) is 0 Å². The third-order valence-corrected chi connectivity index (χ3v) is 33.9. The van der Waals surface area contributed by atoms with Gasteiger partial charge in [-0.3, -0.25) is 9.59 Å². The van der Waals surface area contributed by atoms with Gasteiger partial charge in [0.05, 0.1) is 43.9 Å². The van der Waals surface area contributed by atoms with Crippen molar-refractivity contribution in [3.63, 3.8) is 0 Å². The van der Waals surface area contributed by atoms with Crippen LogP contribution in [-0.4, -0.2) is 99.7 Å². The molecule has 1 heterocycles. The van der Waals surface area contributed by atoms with E-state index in [1.54, 1.807) is 0 Å². The van der Waals surface area contributed by atoms with Crippen LogP contribution in [0.2, 0.25) is 72.5 Å². The minimum Gasteiger partial charge on any atom is -0.481 e. The first kappa shape index (κ1) is 59.6. The zero-order valence-electron chi connectivity index (χ0n) is 44.9. The Bertz CT molecular complexity index is 1400. The highest BCUT2D eigenvalue weighted by atomic mass is 28.4. The number of hydrogen-bond donors (Lipinski definition) is 2. The Labute approximate surface area is 386 Å². The van der Waals surface area contributed by atoms with E-state index in [1.165, 1.54) is 0 Å². The second-order valence-corrected chi connectivity index (χ2v) is 44.3. The van der Waals surface area contributed by atoms with E-state index in [4.69, 9.17) is 27.2 Å². The molecule has 0 saturated carbocycles. The summed E-state index contributed by atoms with van der Waals surface area (Å²) in [6.45, 7) is 56.0. The SMILES string of the molecule is CC[C@H](C)[C@H](C[C@@H](CC(=O)O)O[Si](C)(C)C(C)(C)C)NC(=O)C[C@H](C[C@H](O[C@@H]1OC(CO[Si](C)(C)C(C)(C)C)C(O[Si](C)(C)C(C)(C)C)C1C)[C@@H](C)CC)O[Si](C)(C)C(C)(C)C. The average Bonchev–Trinajstić information content (AvgIpc) is 3.35. The molecule has 2 N–H and O–H groups in total. The van der Waals surface area contributed by atoms with Crippen LogP contribution in [0.25, 0.3) is 0 Å². The molecule has 1 rings (SSSR count). The van der Waals surface area contributed by atoms with Crippen molar-refractivity contribution in [3.05, 3.63) is 0 Å². The summed E-state index contributed by atoms with van der Waals surface area (Å²) >= 11 is 0. The van der Waals surface area contributed by atoms with E-state index in [9.17, 15) is 14.7 Å². The molecule has 3 unspecified atom stereocenters. The van der Waals surface area contributed by atoms with Gasteiger partial charge in [0.1, 0.15) is 6.10 Å². The van der Waals surface area contributed by atoms with Crippen LogP contribution >= 0.6 is 0 Å². The van der Waals surface area contributed by atoms with Crippen LogP contribution in [0.1, 0.15) is 156 Å². The first-order valence-corrected chi connectivity index (χ1v) is 35.8. The number of aliphatic carboxylic acids is 1. The zero-order chi connectivity index (χ0) is 48.8. The van der Waals surface area contributed by atoms with E-state index in [0.29, 0.717) is 19.4 Å². The summed E-state index contributed by atoms with van der Waals surface area (Å²) in [5.74, 6) is -0.756. The number of amides is 1. The molecule has 1 saturated heterocycles. The molecule has 1 aliphatic heterocycles. The van der Waals surface area contributed by atoms with Crippen molar-refractivity contribution in [2.45, 2.75) is 272 Å². The third-order valence-electron chi connectivity index (χ3n) is 15.9. The van der Waals surface area contributed by atoms with Crippen molar-refractivity contribution in [2.75, 3.05) is 6.61 Å². The molecule has 368 valence electrons. The molecule has 62 heavy (non-hydrogen) atoms. The van der Waals surface area contributed by atoms with E-state index in [-0.39, 0.29) is 81.0 Å². The fourth-order valence-electron chi connectivity index (χ4n) is 6.68. The number of carboxylic acid groups (broad SMARTS) is 1. The maximum absolute atomic E-state index is 14.4. The van der Waals surface area contributed by atoms with Crippen molar-refractivity contribution < 1.29 is 41.9 Å². The maximum Gasteiger partial charge on any atom is 0.305 e. The summed E-state index contributed by atoms with van der Waals surface area (Å²) in [5.41, 5.74) is 0. The van der Waals surface area contributed by atoms with Crippen molar-refractivity contribution in [1.29, 1.82) is 0 Å². The fraction of sp³-hybridized carbons (Fsp3) is 0.958. The van der Waals surface area contributed by atoms with Gasteiger partial charge in [-0.05, 0) is 97.2 Å². The van der Waals surface area contributed by atoms with Crippen LogP contribution in [0.5, 0.6) is 0 Å². The molecular formula is C48H101NO9Si4. The van der Waals surface area contributed by atoms with Crippen molar-refractivity contribution in [3.8, 4) is 0 Å². The van der Waals surface area contributed by atoms with Gasteiger partial charge >= 0.3 is 5.97 Å². The fourth-order valence-corrected chi connectivity index (χ4v) is 11.8. The average molecular weight is 949 g/mol. The zero-order valence-corrected chi connectivity index (χ0v) is 48.9. The largest absolute Gasteiger partial charge is 0.481 e. The van der Waals surface area contributed by atoms with Crippen molar-refractivity contribution in [2.24, 2.45) is 17.8 Å². The van der Waals surface area contributed by atoms with Gasteiger partial charge in [0.2, 0.25) is 5.91 Å². The van der Waals surface area contributed by atoms with Crippen LogP contribution in [0.4, 0.5) is 0 Å². The lowest BCUT2D eigenvalue weighted by Crippen LogP contribution is -2.50. The molecule has 0 spiro atoms. The van der Waals surface area contributed by atoms with E-state index < -0.39 is 57.7 Å². The van der Waals surface area contributed by atoms with Gasteiger partial charge in [-0.15, -0.1) is 0 Å². The predicted molar refractivity (Wildman–Crippen MR) is 269 cm³/mol. The predicted octanol–water partition coefficient (Wildman–Crippen LogP) is 13.1. The van der Waals surface area contributed by atoms with Crippen molar-refractivity contribution >= 4 is 45.1 Å². The molecule has 10 nitrogen and oxygen atoms in total. The molecule has 0 aromatic heterocycles. The Kier molecular flexibility index (Phi) is 21.7. The summed E-state index contributed by atoms with van der Waals surface area (Å²) in [6.07, 6.45) is 0.627. The number of carboxylic acids is 1. The summed E-state index contributed by atoms with van der Waals surface area (Å²) in [7, 11) is -8.91. The number of hydrogen-bond acceptors (Lipinski definition) is 8. The molecular weight excluding hydrogens is 847 g/mol. The van der Waals surface area contributed by atoms with E-state index in [0.717, 1.165) is 12.8 Å². The molecule has 0 bridgehead atoms. The Morgan fingerprint density at radius 3 is 1.50 bits per heavy atom. The lowest BCUT2D eigenvalue weighted by Gasteiger charge is -2.41. The quantitative estimate of drug-likeness (QED) is 0.0911. The highest BCUT2D eigenvalue weighted by Gasteiger charge is 2.51. The second kappa shape index (κ2) is 22.6. The summed E-state index contributed by atoms with van der Waals surface area (Å²) in [4.78, 5) is 26.5. The molecule has 14 heteroatoms. The number of nitrogens with one attached hydrogen (secondary N) is 1. The van der Waals surface area contributed by atoms with Gasteiger partial charge in [0.15, 0.2) is 39.6 Å². The van der Waals surface area contributed by atoms with Gasteiger partial charge < -0.3 is 37.6 Å². The number of ether oxygens (including phenoxy) is 2. The van der Waals surface area contributed by atoms with Gasteiger partial charge in [0, 0.05) is 12.0 Å². The highest BCUT2D eigenvalue weighted by Crippen LogP contribution is 2.44. The Balaban J connectivity index is 3.61. The monoisotopic (exact) mass is 948 g/mol. The summed E-state index contributed by atoms with van der Waals surface area (Å²) in [6, 6.07) is -0.257. The van der Waals surface area contributed by atoms with Gasteiger partial charge in [-0.2, -0.15) is 0 Å². The van der Waals surface area contributed by atoms with Crippen LogP contribution < -0.4 is 5.32 Å². The molecule has 10 atom stereocenters. The van der Waals surface area contributed by atoms with Crippen LogP contribution in [0.3, 0.4) is 0 Å². The third kappa shape index (κ3) is 17.3. The Morgan fingerprint density at radius 2 is 1.10 bits per heavy atom. The minimum atomic E-state index is -2.35. The molecule has 1 aliphatic rings. The molecule has 1 amide bonds. The van der Waals surface area contributed by atoms with Crippen LogP contribution in [0.15, 0.2) is 0 Å². The lowest BCUT2D eigenvalue weighted by molar-refractivity contribution is -0.194. The highest BCUT2D eigenvalue weighted by molar-refractivity contribution is 6.75. The second-order valence-electron chi connectivity index (χ2n) is 25.2. The summed E-state index contributed by atoms with van der Waals surface area (Å²) in [5, 5.41) is 13.2. The van der Waals surface area contributed by atoms with Crippen molar-refractivity contribution in [1.82, 2.24) is 5.32 Å². The normalized spacial score (nSPS) is 23.1. The minimum absolute atomic E-state index is 0.0213. The van der Waals surface area contributed by atoms with Gasteiger partial charge in [-0.1, -0.05) is 131 Å². The van der Waals surface area contributed by atoms with E-state index in [1.807, 2.05) is 0 Å².